The smallest absolute Gasteiger partial charge is 0.217 e. The summed E-state index contributed by atoms with van der Waals surface area (Å²) < 4.78 is 11.3. The molecule has 0 fully saturated rings. The molecule has 0 unspecified atom stereocenters. The maximum absolute atomic E-state index is 5.69. The summed E-state index contributed by atoms with van der Waals surface area (Å²) in [6.07, 6.45) is 0.889. The van der Waals surface area contributed by atoms with E-state index in [4.69, 9.17) is 9.47 Å². The molecule has 0 bridgehead atoms. The predicted octanol–water partition coefficient (Wildman–Crippen LogP) is 3.85. The zero-order valence-electron chi connectivity index (χ0n) is 11.8. The molecule has 0 aliphatic carbocycles. The standard InChI is InChI=1S/C18H15NO2/c1-20-15-9-5-8-14-17(15)16(12-6-3-2-4-7-12)13-10-11-21-18(13)19-14/h2-9H,10-11H2,1H3. The number of rotatable bonds is 2. The molecule has 2 heterocycles. The Morgan fingerprint density at radius 2 is 1.90 bits per heavy atom. The first-order valence-corrected chi connectivity index (χ1v) is 7.06. The molecule has 3 nitrogen and oxygen atoms in total. The maximum atomic E-state index is 5.69. The van der Waals surface area contributed by atoms with Crippen molar-refractivity contribution in [3.63, 3.8) is 0 Å². The highest BCUT2D eigenvalue weighted by molar-refractivity contribution is 6.01. The molecule has 4 rings (SSSR count). The van der Waals surface area contributed by atoms with Crippen LogP contribution in [-0.2, 0) is 6.42 Å². The number of hydrogen-bond acceptors (Lipinski definition) is 3. The average molecular weight is 277 g/mol. The van der Waals surface area contributed by atoms with Crippen LogP contribution < -0.4 is 9.47 Å². The summed E-state index contributed by atoms with van der Waals surface area (Å²) in [5.74, 6) is 1.61. The van der Waals surface area contributed by atoms with Crippen LogP contribution in [0.4, 0.5) is 0 Å². The zero-order chi connectivity index (χ0) is 14.2. The van der Waals surface area contributed by atoms with Gasteiger partial charge in [-0.2, -0.15) is 0 Å². The van der Waals surface area contributed by atoms with Crippen molar-refractivity contribution >= 4 is 10.9 Å². The molecule has 2 aromatic carbocycles. The molecule has 1 aromatic heterocycles. The first-order chi connectivity index (χ1) is 10.4. The Morgan fingerprint density at radius 1 is 1.05 bits per heavy atom. The van der Waals surface area contributed by atoms with Crippen molar-refractivity contribution in [2.75, 3.05) is 13.7 Å². The molecule has 3 heteroatoms. The molecule has 0 atom stereocenters. The Kier molecular flexibility index (Phi) is 2.78. The topological polar surface area (TPSA) is 31.4 Å². The first kappa shape index (κ1) is 12.2. The Balaban J connectivity index is 2.16. The minimum absolute atomic E-state index is 0.695. The van der Waals surface area contributed by atoms with E-state index in [9.17, 15) is 0 Å². The minimum atomic E-state index is 0.695. The molecule has 21 heavy (non-hydrogen) atoms. The summed E-state index contributed by atoms with van der Waals surface area (Å²) in [7, 11) is 1.70. The zero-order valence-corrected chi connectivity index (χ0v) is 11.8. The fourth-order valence-electron chi connectivity index (χ4n) is 2.99. The SMILES string of the molecule is COc1cccc2nc3c(c(-c4ccccc4)c12)CCO3. The van der Waals surface area contributed by atoms with Gasteiger partial charge < -0.3 is 9.47 Å². The van der Waals surface area contributed by atoms with E-state index in [1.54, 1.807) is 7.11 Å². The number of methoxy groups -OCH3 is 1. The minimum Gasteiger partial charge on any atom is -0.496 e. The third kappa shape index (κ3) is 1.85. The Bertz CT molecular complexity index is 812. The molecule has 0 amide bonds. The molecule has 0 N–H and O–H groups in total. The van der Waals surface area contributed by atoms with E-state index in [-0.39, 0.29) is 0 Å². The summed E-state index contributed by atoms with van der Waals surface area (Å²) in [5.41, 5.74) is 4.45. The van der Waals surface area contributed by atoms with Gasteiger partial charge in [0.25, 0.3) is 0 Å². The summed E-state index contributed by atoms with van der Waals surface area (Å²) in [5, 5.41) is 1.07. The highest BCUT2D eigenvalue weighted by Gasteiger charge is 2.23. The Morgan fingerprint density at radius 3 is 2.71 bits per heavy atom. The monoisotopic (exact) mass is 277 g/mol. The largest absolute Gasteiger partial charge is 0.496 e. The van der Waals surface area contributed by atoms with Crippen LogP contribution in [0.1, 0.15) is 5.56 Å². The van der Waals surface area contributed by atoms with Crippen molar-refractivity contribution in [2.24, 2.45) is 0 Å². The fourth-order valence-corrected chi connectivity index (χ4v) is 2.99. The van der Waals surface area contributed by atoms with Crippen molar-refractivity contribution in [3.8, 4) is 22.8 Å². The van der Waals surface area contributed by atoms with Crippen LogP contribution in [-0.4, -0.2) is 18.7 Å². The van der Waals surface area contributed by atoms with Gasteiger partial charge in [0.05, 0.1) is 24.6 Å². The lowest BCUT2D eigenvalue weighted by Crippen LogP contribution is -1.94. The third-order valence-electron chi connectivity index (χ3n) is 3.91. The maximum Gasteiger partial charge on any atom is 0.217 e. The van der Waals surface area contributed by atoms with Crippen molar-refractivity contribution in [3.05, 3.63) is 54.1 Å². The summed E-state index contributed by atoms with van der Waals surface area (Å²) in [6, 6.07) is 16.3. The van der Waals surface area contributed by atoms with Crippen molar-refractivity contribution < 1.29 is 9.47 Å². The van der Waals surface area contributed by atoms with Gasteiger partial charge in [0.2, 0.25) is 5.88 Å². The van der Waals surface area contributed by atoms with Crippen LogP contribution in [0, 0.1) is 0 Å². The molecular formula is C18H15NO2. The van der Waals surface area contributed by atoms with Gasteiger partial charge in [0.15, 0.2) is 0 Å². The molecule has 1 aliphatic rings. The van der Waals surface area contributed by atoms with Crippen LogP contribution >= 0.6 is 0 Å². The second kappa shape index (κ2) is 4.77. The number of benzene rings is 2. The molecule has 104 valence electrons. The summed E-state index contributed by atoms with van der Waals surface area (Å²) in [4.78, 5) is 4.65. The fraction of sp³-hybridized carbons (Fsp3) is 0.167. The third-order valence-corrected chi connectivity index (χ3v) is 3.91. The van der Waals surface area contributed by atoms with Gasteiger partial charge in [0, 0.05) is 17.5 Å². The highest BCUT2D eigenvalue weighted by atomic mass is 16.5. The molecule has 0 spiro atoms. The molecule has 1 aliphatic heterocycles. The second-order valence-corrected chi connectivity index (χ2v) is 5.09. The van der Waals surface area contributed by atoms with Crippen LogP contribution in [0.2, 0.25) is 0 Å². The van der Waals surface area contributed by atoms with Crippen LogP contribution in [0.5, 0.6) is 11.6 Å². The van der Waals surface area contributed by atoms with Crippen molar-refractivity contribution in [1.29, 1.82) is 0 Å². The average Bonchev–Trinajstić information content (AvgIpc) is 3.00. The number of pyridine rings is 1. The predicted molar refractivity (Wildman–Crippen MR) is 82.9 cm³/mol. The highest BCUT2D eigenvalue weighted by Crippen LogP contribution is 2.42. The van der Waals surface area contributed by atoms with E-state index in [0.29, 0.717) is 6.61 Å². The van der Waals surface area contributed by atoms with Gasteiger partial charge in [-0.15, -0.1) is 0 Å². The van der Waals surface area contributed by atoms with Crippen LogP contribution in [0.3, 0.4) is 0 Å². The molecule has 0 saturated carbocycles. The normalized spacial score (nSPS) is 13.0. The Hall–Kier alpha value is -2.55. The molecule has 0 radical (unpaired) electrons. The van der Waals surface area contributed by atoms with E-state index in [1.807, 2.05) is 24.3 Å². The second-order valence-electron chi connectivity index (χ2n) is 5.09. The van der Waals surface area contributed by atoms with Gasteiger partial charge in [-0.1, -0.05) is 36.4 Å². The molecule has 3 aromatic rings. The van der Waals surface area contributed by atoms with E-state index in [2.05, 4.69) is 29.2 Å². The number of aromatic nitrogens is 1. The summed E-state index contributed by atoms with van der Waals surface area (Å²) in [6.45, 7) is 0.695. The lowest BCUT2D eigenvalue weighted by molar-refractivity contribution is 0.346. The number of nitrogens with zero attached hydrogens (tertiary/aromatic N) is 1. The van der Waals surface area contributed by atoms with Gasteiger partial charge in [-0.3, -0.25) is 0 Å². The number of ether oxygens (including phenoxy) is 2. The van der Waals surface area contributed by atoms with Crippen LogP contribution in [0.25, 0.3) is 22.0 Å². The number of fused-ring (bicyclic) bond motifs is 2. The van der Waals surface area contributed by atoms with Gasteiger partial charge in [-0.05, 0) is 17.7 Å². The number of hydrogen-bond donors (Lipinski definition) is 0. The van der Waals surface area contributed by atoms with Crippen LogP contribution in [0.15, 0.2) is 48.5 Å². The molecule has 0 saturated heterocycles. The molecular weight excluding hydrogens is 262 g/mol. The lowest BCUT2D eigenvalue weighted by Gasteiger charge is -2.14. The lowest BCUT2D eigenvalue weighted by atomic mass is 9.95. The first-order valence-electron chi connectivity index (χ1n) is 7.06. The van der Waals surface area contributed by atoms with Crippen molar-refractivity contribution in [1.82, 2.24) is 4.98 Å². The quantitative estimate of drug-likeness (QED) is 0.713. The van der Waals surface area contributed by atoms with Crippen molar-refractivity contribution in [2.45, 2.75) is 6.42 Å². The van der Waals surface area contributed by atoms with E-state index in [1.165, 1.54) is 16.7 Å². The Labute approximate surface area is 123 Å². The van der Waals surface area contributed by atoms with Gasteiger partial charge in [-0.25, -0.2) is 4.98 Å². The van der Waals surface area contributed by atoms with E-state index in [0.717, 1.165) is 29.0 Å². The summed E-state index contributed by atoms with van der Waals surface area (Å²) >= 11 is 0. The van der Waals surface area contributed by atoms with E-state index >= 15 is 0 Å². The van der Waals surface area contributed by atoms with Gasteiger partial charge in [0.1, 0.15) is 5.75 Å². The van der Waals surface area contributed by atoms with E-state index < -0.39 is 0 Å². The van der Waals surface area contributed by atoms with Gasteiger partial charge >= 0.3 is 0 Å².